The molecule has 0 aliphatic carbocycles. The Morgan fingerprint density at radius 3 is 2.68 bits per heavy atom. The molecule has 0 atom stereocenters. The third kappa shape index (κ3) is 4.11. The molecule has 0 aliphatic rings. The van der Waals surface area contributed by atoms with Crippen LogP contribution in [0.15, 0.2) is 70.4 Å². The molecule has 0 aliphatic heterocycles. The van der Waals surface area contributed by atoms with Crippen molar-refractivity contribution in [1.29, 1.82) is 0 Å². The van der Waals surface area contributed by atoms with Gasteiger partial charge in [-0.1, -0.05) is 29.5 Å². The van der Waals surface area contributed by atoms with Crippen LogP contribution < -0.4 is 16.6 Å². The van der Waals surface area contributed by atoms with E-state index >= 15 is 0 Å². The molecule has 5 rings (SSSR count). The summed E-state index contributed by atoms with van der Waals surface area (Å²) >= 11 is 1.34. The van der Waals surface area contributed by atoms with Crippen LogP contribution in [0.5, 0.6) is 0 Å². The number of halogens is 1. The molecule has 0 radical (unpaired) electrons. The second-order valence-electron chi connectivity index (χ2n) is 7.80. The van der Waals surface area contributed by atoms with E-state index in [2.05, 4.69) is 15.3 Å². The highest BCUT2D eigenvalue weighted by molar-refractivity contribution is 7.22. The van der Waals surface area contributed by atoms with E-state index in [4.69, 9.17) is 0 Å². The van der Waals surface area contributed by atoms with Gasteiger partial charge in [-0.3, -0.25) is 18.7 Å². The number of aromatic nitrogens is 4. The number of fused-ring (bicyclic) bond motifs is 2. The van der Waals surface area contributed by atoms with Gasteiger partial charge in [0.25, 0.3) is 5.56 Å². The summed E-state index contributed by atoms with van der Waals surface area (Å²) in [5, 5.41) is 3.16. The molecule has 34 heavy (non-hydrogen) atoms. The quantitative estimate of drug-likeness (QED) is 0.421. The monoisotopic (exact) mass is 475 g/mol. The van der Waals surface area contributed by atoms with Crippen LogP contribution in [0.3, 0.4) is 0 Å². The van der Waals surface area contributed by atoms with Gasteiger partial charge in [0, 0.05) is 6.20 Å². The molecular weight excluding hydrogens is 457 g/mol. The van der Waals surface area contributed by atoms with Crippen LogP contribution in [-0.4, -0.2) is 25.0 Å². The maximum Gasteiger partial charge on any atom is 0.332 e. The number of nitrogens with one attached hydrogen (secondary N) is 1. The number of amides is 1. The zero-order valence-electron chi connectivity index (χ0n) is 18.0. The number of carbonyl (C=O) groups excluding carboxylic acids is 1. The first-order valence-electron chi connectivity index (χ1n) is 10.4. The third-order valence-corrected chi connectivity index (χ3v) is 6.27. The average molecular weight is 476 g/mol. The lowest BCUT2D eigenvalue weighted by atomic mass is 10.2. The van der Waals surface area contributed by atoms with Gasteiger partial charge in [-0.2, -0.15) is 0 Å². The maximum absolute atomic E-state index is 13.3. The fraction of sp³-hybridized carbons (Fsp3) is 0.125. The molecule has 2 aromatic carbocycles. The highest BCUT2D eigenvalue weighted by Crippen LogP contribution is 2.26. The lowest BCUT2D eigenvalue weighted by Crippen LogP contribution is -2.42. The number of rotatable bonds is 5. The molecule has 0 unspecified atom stereocenters. The van der Waals surface area contributed by atoms with E-state index in [9.17, 15) is 18.8 Å². The summed E-state index contributed by atoms with van der Waals surface area (Å²) in [7, 11) is 0. The van der Waals surface area contributed by atoms with Crippen LogP contribution in [0.2, 0.25) is 0 Å². The van der Waals surface area contributed by atoms with E-state index in [1.165, 1.54) is 46.4 Å². The van der Waals surface area contributed by atoms with Gasteiger partial charge in [-0.25, -0.2) is 19.2 Å². The van der Waals surface area contributed by atoms with Gasteiger partial charge in [0.15, 0.2) is 10.6 Å². The van der Waals surface area contributed by atoms with Gasteiger partial charge in [-0.05, 0) is 54.4 Å². The Labute approximate surface area is 196 Å². The molecule has 5 aromatic rings. The fourth-order valence-electron chi connectivity index (χ4n) is 3.70. The van der Waals surface area contributed by atoms with E-state index in [1.807, 2.05) is 25.1 Å². The standard InChI is InChI=1S/C24H18FN5O3S/c1-14-4-9-17-19(11-14)34-23(27-17)28-20(31)13-29-18-3-2-10-26-21(18)22(32)30(24(29)33)12-15-5-7-16(25)8-6-15/h2-11H,12-13H2,1H3,(H,27,28,31). The van der Waals surface area contributed by atoms with Crippen molar-refractivity contribution in [3.05, 3.63) is 98.6 Å². The number of aryl methyl sites for hydroxylation is 1. The molecular formula is C24H18FN5O3S. The molecule has 8 nitrogen and oxygen atoms in total. The number of nitrogens with zero attached hydrogens (tertiary/aromatic N) is 4. The smallest absolute Gasteiger partial charge is 0.300 e. The van der Waals surface area contributed by atoms with Gasteiger partial charge in [-0.15, -0.1) is 0 Å². The summed E-state index contributed by atoms with van der Waals surface area (Å²) in [5.41, 5.74) is 1.49. The number of thiazole rings is 1. The van der Waals surface area contributed by atoms with Gasteiger partial charge >= 0.3 is 5.69 Å². The van der Waals surface area contributed by atoms with E-state index in [0.717, 1.165) is 20.3 Å². The number of hydrogen-bond donors (Lipinski definition) is 1. The van der Waals surface area contributed by atoms with E-state index in [1.54, 1.807) is 12.1 Å². The Bertz CT molecular complexity index is 1670. The Morgan fingerprint density at radius 2 is 1.88 bits per heavy atom. The van der Waals surface area contributed by atoms with Crippen molar-refractivity contribution in [2.24, 2.45) is 0 Å². The first kappa shape index (κ1) is 21.7. The summed E-state index contributed by atoms with van der Waals surface area (Å²) in [6.07, 6.45) is 1.45. The second kappa shape index (κ2) is 8.64. The molecule has 1 amide bonds. The van der Waals surface area contributed by atoms with E-state index in [-0.39, 0.29) is 24.1 Å². The van der Waals surface area contributed by atoms with Crippen molar-refractivity contribution >= 4 is 43.6 Å². The summed E-state index contributed by atoms with van der Waals surface area (Å²) in [5.74, 6) is -0.884. The van der Waals surface area contributed by atoms with Crippen LogP contribution in [0.25, 0.3) is 21.3 Å². The van der Waals surface area contributed by atoms with E-state index in [0.29, 0.717) is 10.7 Å². The van der Waals surface area contributed by atoms with Crippen molar-refractivity contribution in [3.8, 4) is 0 Å². The van der Waals surface area contributed by atoms with E-state index < -0.39 is 23.0 Å². The first-order chi connectivity index (χ1) is 16.4. The fourth-order valence-corrected chi connectivity index (χ4v) is 4.68. The number of hydrogen-bond acceptors (Lipinski definition) is 6. The van der Waals surface area contributed by atoms with Crippen molar-refractivity contribution in [3.63, 3.8) is 0 Å². The number of anilines is 1. The number of carbonyl (C=O) groups is 1. The molecule has 3 heterocycles. The molecule has 0 saturated carbocycles. The summed E-state index contributed by atoms with van der Waals surface area (Å²) in [6.45, 7) is 1.56. The van der Waals surface area contributed by atoms with Crippen molar-refractivity contribution < 1.29 is 9.18 Å². The zero-order chi connectivity index (χ0) is 23.8. The highest BCUT2D eigenvalue weighted by atomic mass is 32.1. The number of pyridine rings is 1. The predicted octanol–water partition coefficient (Wildman–Crippen LogP) is 3.30. The number of benzene rings is 2. The third-order valence-electron chi connectivity index (χ3n) is 5.33. The van der Waals surface area contributed by atoms with Gasteiger partial charge in [0.1, 0.15) is 12.4 Å². The minimum atomic E-state index is -0.662. The van der Waals surface area contributed by atoms with Crippen LogP contribution in [0.1, 0.15) is 11.1 Å². The molecule has 0 fully saturated rings. The SMILES string of the molecule is Cc1ccc2nc(NC(=O)Cn3c(=O)n(Cc4ccc(F)cc4)c(=O)c4ncccc43)sc2c1. The van der Waals surface area contributed by atoms with Crippen LogP contribution in [0, 0.1) is 12.7 Å². The van der Waals surface area contributed by atoms with Crippen LogP contribution in [-0.2, 0) is 17.9 Å². The lowest BCUT2D eigenvalue weighted by molar-refractivity contribution is -0.116. The Kier molecular flexibility index (Phi) is 5.50. The summed E-state index contributed by atoms with van der Waals surface area (Å²) < 4.78 is 16.4. The molecule has 1 N–H and O–H groups in total. The topological polar surface area (TPSA) is 98.9 Å². The Hall–Kier alpha value is -4.18. The molecule has 0 saturated heterocycles. The predicted molar refractivity (Wildman–Crippen MR) is 129 cm³/mol. The second-order valence-corrected chi connectivity index (χ2v) is 8.83. The Morgan fingerprint density at radius 1 is 1.09 bits per heavy atom. The largest absolute Gasteiger partial charge is 0.332 e. The molecule has 3 aromatic heterocycles. The highest BCUT2D eigenvalue weighted by Gasteiger charge is 2.17. The first-order valence-corrected chi connectivity index (χ1v) is 11.2. The van der Waals surface area contributed by atoms with Crippen molar-refractivity contribution in [1.82, 2.24) is 19.1 Å². The van der Waals surface area contributed by atoms with Crippen molar-refractivity contribution in [2.45, 2.75) is 20.0 Å². The summed E-state index contributed by atoms with van der Waals surface area (Å²) in [6, 6.07) is 14.5. The van der Waals surface area contributed by atoms with Crippen molar-refractivity contribution in [2.75, 3.05) is 5.32 Å². The van der Waals surface area contributed by atoms with Gasteiger partial charge in [0.2, 0.25) is 5.91 Å². The van der Waals surface area contributed by atoms with Crippen LogP contribution in [0.4, 0.5) is 9.52 Å². The van der Waals surface area contributed by atoms with Gasteiger partial charge in [0.05, 0.1) is 22.3 Å². The van der Waals surface area contributed by atoms with Crippen LogP contribution >= 0.6 is 11.3 Å². The maximum atomic E-state index is 13.3. The molecule has 0 spiro atoms. The minimum absolute atomic E-state index is 0.0625. The Balaban J connectivity index is 1.51. The van der Waals surface area contributed by atoms with Gasteiger partial charge < -0.3 is 5.32 Å². The minimum Gasteiger partial charge on any atom is -0.300 e. The molecule has 170 valence electrons. The average Bonchev–Trinajstić information content (AvgIpc) is 3.22. The lowest BCUT2D eigenvalue weighted by Gasteiger charge is -2.13. The molecule has 0 bridgehead atoms. The normalized spacial score (nSPS) is 11.2. The molecule has 10 heteroatoms. The zero-order valence-corrected chi connectivity index (χ0v) is 18.8. The summed E-state index contributed by atoms with van der Waals surface area (Å²) in [4.78, 5) is 47.7.